The number of hydrogen-bond donors (Lipinski definition) is 1. The van der Waals surface area contributed by atoms with Crippen molar-refractivity contribution in [1.29, 1.82) is 0 Å². The van der Waals surface area contributed by atoms with Crippen LogP contribution in [-0.2, 0) is 35.2 Å². The summed E-state index contributed by atoms with van der Waals surface area (Å²) in [5.74, 6) is 0.459. The fourth-order valence-corrected chi connectivity index (χ4v) is 4.35. The summed E-state index contributed by atoms with van der Waals surface area (Å²) in [7, 11) is -4.18. The minimum Gasteiger partial charge on any atom is -0.260 e. The maximum atomic E-state index is 11.1. The molecule has 6 nitrogen and oxygen atoms in total. The van der Waals surface area contributed by atoms with E-state index in [9.17, 15) is 13.3 Å². The van der Waals surface area contributed by atoms with E-state index in [0.29, 0.717) is 0 Å². The van der Waals surface area contributed by atoms with E-state index in [4.69, 9.17) is 13.6 Å². The van der Waals surface area contributed by atoms with Gasteiger partial charge in [-0.25, -0.2) is 0 Å². The van der Waals surface area contributed by atoms with Crippen LogP contribution in [0.2, 0.25) is 0 Å². The van der Waals surface area contributed by atoms with Gasteiger partial charge in [0, 0.05) is 34.1 Å². The third-order valence-electron chi connectivity index (χ3n) is 1.98. The van der Waals surface area contributed by atoms with Crippen molar-refractivity contribution >= 4 is 29.8 Å². The lowest BCUT2D eigenvalue weighted by Gasteiger charge is -2.08. The molecule has 0 spiro atoms. The molecule has 1 saturated heterocycles. The lowest BCUT2D eigenvalue weighted by atomic mass is 10.3. The van der Waals surface area contributed by atoms with E-state index >= 15 is 0 Å². The molecule has 0 bridgehead atoms. The average molecular weight is 291 g/mol. The van der Waals surface area contributed by atoms with Crippen LogP contribution in [0, 0.1) is 0 Å². The van der Waals surface area contributed by atoms with Gasteiger partial charge in [0.25, 0.3) is 0 Å². The van der Waals surface area contributed by atoms with Crippen molar-refractivity contribution < 1.29 is 26.9 Å². The van der Waals surface area contributed by atoms with Gasteiger partial charge in [-0.2, -0.15) is 9.42 Å². The quantitative estimate of drug-likeness (QED) is 0.709. The molecule has 0 aromatic rings. The van der Waals surface area contributed by atoms with Crippen molar-refractivity contribution in [1.82, 2.24) is 0 Å². The van der Waals surface area contributed by atoms with Crippen LogP contribution in [0.4, 0.5) is 0 Å². The molecular weight excluding hydrogens is 275 g/mol. The summed E-state index contributed by atoms with van der Waals surface area (Å²) in [6, 6.07) is 0. The Kier molecular flexibility index (Phi) is 5.44. The first kappa shape index (κ1) is 14.6. The second-order valence-corrected chi connectivity index (χ2v) is 8.10. The maximum Gasteiger partial charge on any atom is 0.573 e. The van der Waals surface area contributed by atoms with Crippen LogP contribution in [0.3, 0.4) is 0 Å². The van der Waals surface area contributed by atoms with Crippen LogP contribution >= 0.6 is 8.17 Å². The van der Waals surface area contributed by atoms with Gasteiger partial charge >= 0.3 is 8.17 Å². The zero-order valence-electron chi connectivity index (χ0n) is 9.32. The SMILES string of the molecule is CO[P+]1(O)OC(CS(C)=O)C(CS(C)=O)O1. The zero-order valence-corrected chi connectivity index (χ0v) is 11.8. The molecule has 1 rings (SSSR count). The van der Waals surface area contributed by atoms with E-state index in [1.165, 1.54) is 19.6 Å². The monoisotopic (exact) mass is 291 g/mol. The van der Waals surface area contributed by atoms with Crippen LogP contribution < -0.4 is 0 Å². The van der Waals surface area contributed by atoms with Gasteiger partial charge in [0.2, 0.25) is 0 Å². The van der Waals surface area contributed by atoms with Crippen molar-refractivity contribution in [2.45, 2.75) is 12.2 Å². The van der Waals surface area contributed by atoms with E-state index in [2.05, 4.69) is 0 Å². The van der Waals surface area contributed by atoms with Crippen LogP contribution in [0.5, 0.6) is 0 Å². The minimum absolute atomic E-state index is 0.230. The van der Waals surface area contributed by atoms with Crippen molar-refractivity contribution in [2.75, 3.05) is 31.1 Å². The predicted octanol–water partition coefficient (Wildman–Crippen LogP) is -0.156. The molecule has 16 heavy (non-hydrogen) atoms. The molecule has 0 aliphatic carbocycles. The summed E-state index contributed by atoms with van der Waals surface area (Å²) in [6.45, 7) is 0. The van der Waals surface area contributed by atoms with Gasteiger partial charge in [-0.3, -0.25) is 8.42 Å². The van der Waals surface area contributed by atoms with E-state index in [-0.39, 0.29) is 11.5 Å². The van der Waals surface area contributed by atoms with Crippen molar-refractivity contribution in [3.63, 3.8) is 0 Å². The summed E-state index contributed by atoms with van der Waals surface area (Å²) < 4.78 is 37.4. The molecule has 0 aromatic heterocycles. The van der Waals surface area contributed by atoms with Gasteiger partial charge in [0.1, 0.15) is 0 Å². The second kappa shape index (κ2) is 5.95. The van der Waals surface area contributed by atoms with Crippen molar-refractivity contribution in [3.05, 3.63) is 0 Å². The Labute approximate surface area is 100 Å². The molecule has 1 heterocycles. The Morgan fingerprint density at radius 2 is 1.56 bits per heavy atom. The second-order valence-electron chi connectivity index (χ2n) is 3.42. The third-order valence-corrected chi connectivity index (χ3v) is 5.11. The first-order chi connectivity index (χ1) is 7.36. The first-order valence-electron chi connectivity index (χ1n) is 4.50. The molecular formula is C7H16O6PS2+. The summed E-state index contributed by atoms with van der Waals surface area (Å²) in [5, 5.41) is 0. The van der Waals surface area contributed by atoms with E-state index < -0.39 is 42.0 Å². The Balaban J connectivity index is 2.70. The highest BCUT2D eigenvalue weighted by molar-refractivity contribution is 7.84. The summed E-state index contributed by atoms with van der Waals surface area (Å²) in [5.41, 5.74) is 0. The average Bonchev–Trinajstić information content (AvgIpc) is 2.42. The summed E-state index contributed by atoms with van der Waals surface area (Å²) in [6.07, 6.45) is 2.00. The van der Waals surface area contributed by atoms with E-state index in [0.717, 1.165) is 0 Å². The Morgan fingerprint density at radius 3 is 1.81 bits per heavy atom. The molecule has 1 N–H and O–H groups in total. The van der Waals surface area contributed by atoms with Gasteiger partial charge < -0.3 is 0 Å². The van der Waals surface area contributed by atoms with Crippen LogP contribution in [0.25, 0.3) is 0 Å². The summed E-state index contributed by atoms with van der Waals surface area (Å²) in [4.78, 5) is 9.71. The van der Waals surface area contributed by atoms with Crippen molar-refractivity contribution in [3.8, 4) is 0 Å². The van der Waals surface area contributed by atoms with Crippen LogP contribution in [-0.4, -0.2) is 56.6 Å². The molecule has 4 atom stereocenters. The van der Waals surface area contributed by atoms with Gasteiger partial charge in [-0.15, -0.1) is 9.05 Å². The number of hydrogen-bond acceptors (Lipinski definition) is 6. The van der Waals surface area contributed by atoms with Crippen LogP contribution in [0.1, 0.15) is 0 Å². The van der Waals surface area contributed by atoms with Crippen molar-refractivity contribution in [2.24, 2.45) is 0 Å². The normalized spacial score (nSPS) is 38.5. The molecule has 1 aliphatic heterocycles. The highest BCUT2D eigenvalue weighted by atomic mass is 32.2. The Bertz CT molecular complexity index is 275. The molecule has 1 aliphatic rings. The minimum atomic E-state index is -3.29. The molecule has 4 unspecified atom stereocenters. The molecule has 9 heteroatoms. The van der Waals surface area contributed by atoms with E-state index in [1.54, 1.807) is 0 Å². The standard InChI is InChI=1S/C7H16O6PS2/c1-11-14(8)12-6(4-15(2)9)7(13-14)5-16(3)10/h6-8H,4-5H2,1-3H3/q+1. The van der Waals surface area contributed by atoms with Gasteiger partial charge in [0.15, 0.2) is 12.2 Å². The molecule has 0 aromatic carbocycles. The third kappa shape index (κ3) is 4.10. The molecule has 0 amide bonds. The van der Waals surface area contributed by atoms with Crippen LogP contribution in [0.15, 0.2) is 0 Å². The fourth-order valence-electron chi connectivity index (χ4n) is 1.33. The highest BCUT2D eigenvalue weighted by Crippen LogP contribution is 2.64. The van der Waals surface area contributed by atoms with Gasteiger partial charge in [-0.1, -0.05) is 0 Å². The fraction of sp³-hybridized carbons (Fsp3) is 1.00. The largest absolute Gasteiger partial charge is 0.573 e. The molecule has 0 radical (unpaired) electrons. The highest BCUT2D eigenvalue weighted by Gasteiger charge is 2.59. The first-order valence-corrected chi connectivity index (χ1v) is 9.45. The predicted molar refractivity (Wildman–Crippen MR) is 63.8 cm³/mol. The lowest BCUT2D eigenvalue weighted by molar-refractivity contribution is 0.170. The Morgan fingerprint density at radius 1 is 1.19 bits per heavy atom. The van der Waals surface area contributed by atoms with E-state index in [1.807, 2.05) is 0 Å². The molecule has 96 valence electrons. The molecule has 0 saturated carbocycles. The zero-order chi connectivity index (χ0) is 12.3. The summed E-state index contributed by atoms with van der Waals surface area (Å²) >= 11 is 0. The number of rotatable bonds is 5. The maximum absolute atomic E-state index is 11.1. The van der Waals surface area contributed by atoms with Gasteiger partial charge in [-0.05, 0) is 0 Å². The topological polar surface area (TPSA) is 82.1 Å². The van der Waals surface area contributed by atoms with Gasteiger partial charge in [0.05, 0.1) is 18.6 Å². The Hall–Kier alpha value is 0.570. The lowest BCUT2D eigenvalue weighted by Crippen LogP contribution is -2.32. The smallest absolute Gasteiger partial charge is 0.260 e. The molecule has 1 fully saturated rings.